The Morgan fingerprint density at radius 1 is 1.08 bits per heavy atom. The molecule has 0 fully saturated rings. The number of hydrogen-bond donors (Lipinski definition) is 1. The lowest BCUT2D eigenvalue weighted by molar-refractivity contribution is -0.137. The summed E-state index contributed by atoms with van der Waals surface area (Å²) in [6.07, 6.45) is 5.38. The van der Waals surface area contributed by atoms with Gasteiger partial charge in [0.2, 0.25) is 0 Å². The first kappa shape index (κ1) is 26.4. The molecule has 0 bridgehead atoms. The molecule has 6 nitrogen and oxygen atoms in total. The van der Waals surface area contributed by atoms with Gasteiger partial charge >= 0.3 is 5.97 Å². The molecule has 7 heteroatoms. The van der Waals surface area contributed by atoms with Gasteiger partial charge in [-0.05, 0) is 80.8 Å². The molecule has 2 aliphatic rings. The molecule has 1 atom stereocenters. The maximum Gasteiger partial charge on any atom is 0.321 e. The van der Waals surface area contributed by atoms with Crippen LogP contribution in [0.25, 0.3) is 16.7 Å². The molecule has 3 aromatic rings. The van der Waals surface area contributed by atoms with E-state index in [-0.39, 0.29) is 30.5 Å². The van der Waals surface area contributed by atoms with Gasteiger partial charge in [-0.1, -0.05) is 18.2 Å². The van der Waals surface area contributed by atoms with E-state index in [0.29, 0.717) is 17.2 Å². The van der Waals surface area contributed by atoms with Crippen LogP contribution < -0.4 is 19.5 Å². The Labute approximate surface area is 228 Å². The van der Waals surface area contributed by atoms with Gasteiger partial charge in [0.05, 0.1) is 18.9 Å². The van der Waals surface area contributed by atoms with Crippen LogP contribution in [-0.4, -0.2) is 25.2 Å². The molecule has 5 rings (SSSR count). The van der Waals surface area contributed by atoms with Gasteiger partial charge in [-0.3, -0.25) is 4.79 Å². The molecule has 0 saturated heterocycles. The van der Waals surface area contributed by atoms with E-state index in [1.54, 1.807) is 37.5 Å². The molecule has 2 aliphatic heterocycles. The lowest BCUT2D eigenvalue weighted by Crippen LogP contribution is -2.32. The third-order valence-electron chi connectivity index (χ3n) is 6.93. The number of halogens is 1. The van der Waals surface area contributed by atoms with Crippen LogP contribution in [0.2, 0.25) is 0 Å². The van der Waals surface area contributed by atoms with Crippen molar-refractivity contribution in [2.45, 2.75) is 39.8 Å². The summed E-state index contributed by atoms with van der Waals surface area (Å²) in [6.45, 7) is 8.65. The maximum atomic E-state index is 14.0. The predicted octanol–water partition coefficient (Wildman–Crippen LogP) is 7.06. The Hall–Kier alpha value is -4.26. The van der Waals surface area contributed by atoms with Crippen LogP contribution in [0.15, 0.2) is 66.9 Å². The molecule has 0 saturated carbocycles. The third-order valence-corrected chi connectivity index (χ3v) is 6.93. The van der Waals surface area contributed by atoms with Crippen LogP contribution in [0.3, 0.4) is 0 Å². The van der Waals surface area contributed by atoms with Crippen LogP contribution in [-0.2, 0) is 16.1 Å². The van der Waals surface area contributed by atoms with E-state index < -0.39 is 5.92 Å². The molecule has 0 spiro atoms. The Morgan fingerprint density at radius 3 is 2.64 bits per heavy atom. The highest BCUT2D eigenvalue weighted by molar-refractivity contribution is 5.89. The van der Waals surface area contributed by atoms with E-state index >= 15 is 0 Å². The fraction of sp³-hybridized carbons (Fsp3) is 0.281. The van der Waals surface area contributed by atoms with E-state index in [9.17, 15) is 9.18 Å². The van der Waals surface area contributed by atoms with Crippen molar-refractivity contribution in [1.82, 2.24) is 0 Å². The summed E-state index contributed by atoms with van der Waals surface area (Å²) < 4.78 is 36.8. The molecule has 2 heterocycles. The standard InChI is InChI=1S/C32H32FNO5/c1-19-6-7-22(33)14-29(19)38-18-26-24(9-10-27-30(26)20(2)16-32(3,4)34-27)25-15-23(8-11-28(25)36-5)39-31(35)21-12-13-37-17-21/h6-16,21,34H,17-18H2,1-5H3. The highest BCUT2D eigenvalue weighted by Crippen LogP contribution is 2.44. The second kappa shape index (κ2) is 10.5. The second-order valence-corrected chi connectivity index (χ2v) is 10.4. The summed E-state index contributed by atoms with van der Waals surface area (Å²) in [4.78, 5) is 12.6. The van der Waals surface area contributed by atoms with Crippen molar-refractivity contribution >= 4 is 17.2 Å². The van der Waals surface area contributed by atoms with Crippen molar-refractivity contribution in [3.8, 4) is 28.4 Å². The Kier molecular flexibility index (Phi) is 7.08. The van der Waals surface area contributed by atoms with Crippen LogP contribution in [0.5, 0.6) is 17.2 Å². The number of nitrogens with one attached hydrogen (secondary N) is 1. The van der Waals surface area contributed by atoms with Gasteiger partial charge in [-0.25, -0.2) is 4.39 Å². The van der Waals surface area contributed by atoms with Crippen molar-refractivity contribution in [2.75, 3.05) is 19.0 Å². The van der Waals surface area contributed by atoms with E-state index in [4.69, 9.17) is 18.9 Å². The Morgan fingerprint density at radius 2 is 1.90 bits per heavy atom. The van der Waals surface area contributed by atoms with Crippen molar-refractivity contribution in [3.63, 3.8) is 0 Å². The average Bonchev–Trinajstić information content (AvgIpc) is 3.43. The molecule has 0 radical (unpaired) electrons. The topological polar surface area (TPSA) is 66.0 Å². The number of hydrogen-bond acceptors (Lipinski definition) is 6. The van der Waals surface area contributed by atoms with Crippen molar-refractivity contribution in [3.05, 3.63) is 89.5 Å². The largest absolute Gasteiger partial charge is 0.500 e. The zero-order valence-electron chi connectivity index (χ0n) is 22.8. The molecule has 0 aliphatic carbocycles. The number of carbonyl (C=O) groups excluding carboxylic acids is 1. The fourth-order valence-electron chi connectivity index (χ4n) is 5.15. The maximum absolute atomic E-state index is 14.0. The average molecular weight is 530 g/mol. The summed E-state index contributed by atoms with van der Waals surface area (Å²) >= 11 is 0. The van der Waals surface area contributed by atoms with E-state index in [0.717, 1.165) is 39.1 Å². The Bertz CT molecular complexity index is 1490. The molecule has 39 heavy (non-hydrogen) atoms. The second-order valence-electron chi connectivity index (χ2n) is 10.4. The lowest BCUT2D eigenvalue weighted by atomic mass is 9.85. The van der Waals surface area contributed by atoms with Crippen LogP contribution >= 0.6 is 0 Å². The molecule has 1 unspecified atom stereocenters. The molecule has 0 amide bonds. The lowest BCUT2D eigenvalue weighted by Gasteiger charge is -2.33. The monoisotopic (exact) mass is 529 g/mol. The highest BCUT2D eigenvalue weighted by Gasteiger charge is 2.28. The number of methoxy groups -OCH3 is 1. The minimum atomic E-state index is -0.444. The number of ether oxygens (including phenoxy) is 4. The molecular weight excluding hydrogens is 497 g/mol. The van der Waals surface area contributed by atoms with Crippen LogP contribution in [0, 0.1) is 18.7 Å². The quantitative estimate of drug-likeness (QED) is 0.261. The molecule has 202 valence electrons. The number of anilines is 1. The summed E-state index contributed by atoms with van der Waals surface area (Å²) in [5, 5.41) is 3.59. The molecule has 1 N–H and O–H groups in total. The van der Waals surface area contributed by atoms with Gasteiger partial charge in [0.25, 0.3) is 0 Å². The third kappa shape index (κ3) is 5.48. The molecular formula is C32H32FNO5. The van der Waals surface area contributed by atoms with Gasteiger partial charge in [-0.2, -0.15) is 0 Å². The first-order valence-corrected chi connectivity index (χ1v) is 12.9. The van der Waals surface area contributed by atoms with E-state index in [1.807, 2.05) is 19.1 Å². The fourth-order valence-corrected chi connectivity index (χ4v) is 5.15. The van der Waals surface area contributed by atoms with Gasteiger partial charge in [0.1, 0.15) is 42.2 Å². The summed E-state index contributed by atoms with van der Waals surface area (Å²) in [7, 11) is 1.60. The highest BCUT2D eigenvalue weighted by atomic mass is 19.1. The number of allylic oxidation sites excluding steroid dienone is 1. The van der Waals surface area contributed by atoms with Crippen molar-refractivity contribution < 1.29 is 28.1 Å². The number of carbonyl (C=O) groups is 1. The van der Waals surface area contributed by atoms with Crippen LogP contribution in [0.1, 0.15) is 37.5 Å². The van der Waals surface area contributed by atoms with Gasteiger partial charge in [-0.15, -0.1) is 0 Å². The zero-order valence-corrected chi connectivity index (χ0v) is 22.8. The Balaban J connectivity index is 1.60. The number of esters is 1. The number of rotatable bonds is 7. The SMILES string of the molecule is COc1ccc(OC(=O)C2C=COC2)cc1-c1ccc2c(c1COc1cc(F)ccc1C)C(C)=CC(C)(C)N2. The number of benzene rings is 3. The minimum absolute atomic E-state index is 0.188. The van der Waals surface area contributed by atoms with E-state index in [2.05, 4.69) is 32.2 Å². The van der Waals surface area contributed by atoms with Gasteiger partial charge in [0, 0.05) is 28.4 Å². The smallest absolute Gasteiger partial charge is 0.321 e. The molecule has 0 aromatic heterocycles. The number of aryl methyl sites for hydroxylation is 1. The van der Waals surface area contributed by atoms with Crippen molar-refractivity contribution in [2.24, 2.45) is 5.92 Å². The normalized spacial score (nSPS) is 17.0. The zero-order chi connectivity index (χ0) is 27.7. The van der Waals surface area contributed by atoms with Gasteiger partial charge < -0.3 is 24.3 Å². The summed E-state index contributed by atoms with van der Waals surface area (Å²) in [5.41, 5.74) is 6.21. The van der Waals surface area contributed by atoms with Crippen LogP contribution in [0.4, 0.5) is 10.1 Å². The van der Waals surface area contributed by atoms with Gasteiger partial charge in [0.15, 0.2) is 0 Å². The van der Waals surface area contributed by atoms with Crippen molar-refractivity contribution in [1.29, 1.82) is 0 Å². The summed E-state index contributed by atoms with van der Waals surface area (Å²) in [6, 6.07) is 13.9. The predicted molar refractivity (Wildman–Crippen MR) is 149 cm³/mol. The summed E-state index contributed by atoms with van der Waals surface area (Å²) in [5.74, 6) is 0.302. The number of fused-ring (bicyclic) bond motifs is 1. The van der Waals surface area contributed by atoms with E-state index in [1.165, 1.54) is 18.4 Å². The minimum Gasteiger partial charge on any atom is -0.500 e. The molecule has 3 aromatic carbocycles. The first-order chi connectivity index (χ1) is 18.6. The first-order valence-electron chi connectivity index (χ1n) is 12.9.